The van der Waals surface area contributed by atoms with Crippen molar-refractivity contribution >= 4 is 16.0 Å². The van der Waals surface area contributed by atoms with Crippen LogP contribution in [-0.2, 0) is 14.9 Å². The fourth-order valence-corrected chi connectivity index (χ4v) is 10.0. The molecule has 4 saturated carbocycles. The van der Waals surface area contributed by atoms with Crippen molar-refractivity contribution in [1.29, 1.82) is 0 Å². The van der Waals surface area contributed by atoms with E-state index in [2.05, 4.69) is 26.1 Å². The van der Waals surface area contributed by atoms with Crippen molar-refractivity contribution < 1.29 is 33.1 Å². The highest BCUT2D eigenvalue weighted by atomic mass is 32.2. The maximum Gasteiger partial charge on any atom is 0.266 e. The number of carbonyl (C=O) groups excluding carboxylic acids is 1. The van der Waals surface area contributed by atoms with Crippen molar-refractivity contribution in [1.82, 2.24) is 5.32 Å². The van der Waals surface area contributed by atoms with Gasteiger partial charge in [-0.15, -0.1) is 0 Å². The van der Waals surface area contributed by atoms with Gasteiger partial charge in [-0.2, -0.15) is 8.42 Å². The van der Waals surface area contributed by atoms with Crippen LogP contribution in [0.5, 0.6) is 0 Å². The summed E-state index contributed by atoms with van der Waals surface area (Å²) in [5, 5.41) is 36.0. The second kappa shape index (κ2) is 11.3. The smallest absolute Gasteiger partial charge is 0.266 e. The van der Waals surface area contributed by atoms with Crippen LogP contribution in [0.25, 0.3) is 0 Å². The van der Waals surface area contributed by atoms with Gasteiger partial charge in [-0.05, 0) is 97.7 Å². The first-order chi connectivity index (χ1) is 17.7. The molecule has 0 radical (unpaired) electrons. The van der Waals surface area contributed by atoms with Gasteiger partial charge in [-0.25, -0.2) is 0 Å². The molecule has 0 aromatic heterocycles. The number of rotatable bonds is 9. The molecule has 4 aliphatic carbocycles. The zero-order chi connectivity index (χ0) is 28.0. The van der Waals surface area contributed by atoms with Crippen molar-refractivity contribution in [2.45, 2.75) is 110 Å². The molecule has 38 heavy (non-hydrogen) atoms. The van der Waals surface area contributed by atoms with E-state index in [0.29, 0.717) is 36.0 Å². The predicted molar refractivity (Wildman–Crippen MR) is 146 cm³/mol. The molecule has 0 aromatic rings. The van der Waals surface area contributed by atoms with E-state index in [-0.39, 0.29) is 47.3 Å². The van der Waals surface area contributed by atoms with Crippen LogP contribution in [0.1, 0.15) is 91.9 Å². The van der Waals surface area contributed by atoms with Crippen molar-refractivity contribution in [2.24, 2.45) is 52.3 Å². The summed E-state index contributed by atoms with van der Waals surface area (Å²) in [5.41, 5.74) is -0.148. The van der Waals surface area contributed by atoms with Gasteiger partial charge in [0, 0.05) is 12.5 Å². The Hall–Kier alpha value is -0.740. The molecule has 5 N–H and O–H groups in total. The van der Waals surface area contributed by atoms with Gasteiger partial charge in [0.15, 0.2) is 0 Å². The van der Waals surface area contributed by atoms with E-state index in [4.69, 9.17) is 4.55 Å². The molecule has 0 saturated heterocycles. The predicted octanol–water partition coefficient (Wildman–Crippen LogP) is 3.39. The van der Waals surface area contributed by atoms with Gasteiger partial charge in [0.2, 0.25) is 5.91 Å². The summed E-state index contributed by atoms with van der Waals surface area (Å²) in [4.78, 5) is 12.3. The molecule has 12 atom stereocenters. The van der Waals surface area contributed by atoms with Crippen LogP contribution < -0.4 is 5.32 Å². The van der Waals surface area contributed by atoms with E-state index in [0.717, 1.165) is 57.8 Å². The fraction of sp³-hybridized carbons (Fsp3) is 0.966. The Labute approximate surface area is 229 Å². The van der Waals surface area contributed by atoms with Gasteiger partial charge in [-0.1, -0.05) is 40.5 Å². The maximum absolute atomic E-state index is 12.3. The Balaban J connectivity index is 1.36. The molecule has 9 heteroatoms. The monoisotopic (exact) mass is 557 g/mol. The van der Waals surface area contributed by atoms with Gasteiger partial charge in [0.25, 0.3) is 10.1 Å². The fourth-order valence-electron chi connectivity index (χ4n) is 9.69. The molecule has 4 aliphatic rings. The molecule has 0 bridgehead atoms. The number of carbonyl (C=O) groups is 1. The second-order valence-electron chi connectivity index (χ2n) is 13.9. The molecule has 8 nitrogen and oxygen atoms in total. The SMILES string of the molecule is C[C@H](CCC[C@H](C)C(=O)NCCS(=O)(=O)O)[C@H]1CC[C@@H]2[C@@H]3[C@H](O)C[C@@H]4C[C@H](O)CC[C@]4(C)[C@H]3C[C@H](O)[C@@]21C. The van der Waals surface area contributed by atoms with Crippen LogP contribution in [0, 0.1) is 52.3 Å². The van der Waals surface area contributed by atoms with E-state index >= 15 is 0 Å². The lowest BCUT2D eigenvalue weighted by atomic mass is 9.43. The Kier molecular flexibility index (Phi) is 8.96. The molecule has 0 aliphatic heterocycles. The number of hydrogen-bond donors (Lipinski definition) is 5. The lowest BCUT2D eigenvalue weighted by molar-refractivity contribution is -0.207. The Morgan fingerprint density at radius 1 is 1.00 bits per heavy atom. The third-order valence-corrected chi connectivity index (χ3v) is 12.6. The summed E-state index contributed by atoms with van der Waals surface area (Å²) in [6.07, 6.45) is 7.66. The van der Waals surface area contributed by atoms with Gasteiger partial charge in [0.1, 0.15) is 0 Å². The molecule has 4 rings (SSSR count). The first kappa shape index (κ1) is 30.2. The highest BCUT2D eigenvalue weighted by molar-refractivity contribution is 7.85. The molecule has 0 unspecified atom stereocenters. The van der Waals surface area contributed by atoms with Crippen LogP contribution in [0.4, 0.5) is 0 Å². The Morgan fingerprint density at radius 2 is 1.71 bits per heavy atom. The molecule has 0 aromatic carbocycles. The first-order valence-electron chi connectivity index (χ1n) is 15.0. The molecular formula is C29H51NO7S. The minimum atomic E-state index is -4.09. The van der Waals surface area contributed by atoms with E-state index in [1.807, 2.05) is 6.92 Å². The average molecular weight is 558 g/mol. The number of aliphatic hydroxyl groups excluding tert-OH is 3. The molecule has 220 valence electrons. The second-order valence-corrected chi connectivity index (χ2v) is 15.5. The van der Waals surface area contributed by atoms with E-state index < -0.39 is 22.0 Å². The summed E-state index contributed by atoms with van der Waals surface area (Å²) < 4.78 is 30.5. The van der Waals surface area contributed by atoms with Crippen LogP contribution >= 0.6 is 0 Å². The van der Waals surface area contributed by atoms with Crippen molar-refractivity contribution in [2.75, 3.05) is 12.3 Å². The summed E-state index contributed by atoms with van der Waals surface area (Å²) in [6.45, 7) is 8.65. The Bertz CT molecular complexity index is 959. The van der Waals surface area contributed by atoms with Gasteiger partial charge < -0.3 is 20.6 Å². The van der Waals surface area contributed by atoms with E-state index in [1.165, 1.54) is 0 Å². The summed E-state index contributed by atoms with van der Waals surface area (Å²) in [5.74, 6) is 0.971. The van der Waals surface area contributed by atoms with Gasteiger partial charge in [-0.3, -0.25) is 9.35 Å². The van der Waals surface area contributed by atoms with Crippen molar-refractivity contribution in [3.8, 4) is 0 Å². The highest BCUT2D eigenvalue weighted by Crippen LogP contribution is 2.68. The van der Waals surface area contributed by atoms with Crippen LogP contribution in [0.15, 0.2) is 0 Å². The van der Waals surface area contributed by atoms with Crippen molar-refractivity contribution in [3.63, 3.8) is 0 Å². The Morgan fingerprint density at radius 3 is 2.39 bits per heavy atom. The zero-order valence-corrected chi connectivity index (χ0v) is 24.5. The summed E-state index contributed by atoms with van der Waals surface area (Å²) in [7, 11) is -4.09. The van der Waals surface area contributed by atoms with E-state index in [9.17, 15) is 28.5 Å². The number of hydrogen-bond acceptors (Lipinski definition) is 6. The normalized spacial score (nSPS) is 44.4. The summed E-state index contributed by atoms with van der Waals surface area (Å²) in [6, 6.07) is 0. The van der Waals surface area contributed by atoms with Crippen LogP contribution in [-0.4, -0.2) is 64.8 Å². The molecule has 0 spiro atoms. The minimum absolute atomic E-state index is 0.0766. The standard InChI is InChI=1S/C29H51NO7S/c1-17(6-5-7-18(2)27(34)30-12-13-38(35,36)37)21-8-9-22-26-23(16-25(33)29(21,22)4)28(3)11-10-20(31)14-19(28)15-24(26)32/h17-26,31-33H,5-16H2,1-4H3,(H,30,34)(H,35,36,37)/t17-,18+,19+,20-,21-,22-,23+,24-,25+,26+,28+,29-/m1/s1. The van der Waals surface area contributed by atoms with E-state index in [1.54, 1.807) is 0 Å². The number of fused-ring (bicyclic) bond motifs is 5. The van der Waals surface area contributed by atoms with Crippen LogP contribution in [0.2, 0.25) is 0 Å². The third-order valence-electron chi connectivity index (χ3n) is 11.9. The molecule has 0 heterocycles. The topological polar surface area (TPSA) is 144 Å². The lowest BCUT2D eigenvalue weighted by Crippen LogP contribution is -2.62. The minimum Gasteiger partial charge on any atom is -0.393 e. The number of nitrogens with one attached hydrogen (secondary N) is 1. The third kappa shape index (κ3) is 5.69. The molecular weight excluding hydrogens is 506 g/mol. The molecule has 1 amide bonds. The van der Waals surface area contributed by atoms with Crippen LogP contribution in [0.3, 0.4) is 0 Å². The number of aliphatic hydroxyl groups is 3. The summed E-state index contributed by atoms with van der Waals surface area (Å²) >= 11 is 0. The lowest BCUT2D eigenvalue weighted by Gasteiger charge is -2.63. The van der Waals surface area contributed by atoms with Gasteiger partial charge in [0.05, 0.1) is 24.1 Å². The first-order valence-corrected chi connectivity index (χ1v) is 16.6. The maximum atomic E-state index is 12.3. The largest absolute Gasteiger partial charge is 0.393 e. The average Bonchev–Trinajstić information content (AvgIpc) is 3.18. The van der Waals surface area contributed by atoms with Crippen molar-refractivity contribution in [3.05, 3.63) is 0 Å². The quantitative estimate of drug-likeness (QED) is 0.273. The number of amides is 1. The zero-order valence-electron chi connectivity index (χ0n) is 23.7. The van der Waals surface area contributed by atoms with Gasteiger partial charge >= 0.3 is 0 Å². The highest BCUT2D eigenvalue weighted by Gasteiger charge is 2.65. The molecule has 4 fully saturated rings.